The number of benzene rings is 1. The van der Waals surface area contributed by atoms with E-state index < -0.39 is 6.55 Å². The molecule has 1 atom stereocenters. The minimum Gasteiger partial charge on any atom is -0.469 e. The first kappa shape index (κ1) is 14.7. The zero-order valence-corrected chi connectivity index (χ0v) is 12.4. The fourth-order valence-corrected chi connectivity index (χ4v) is 2.52. The molecule has 3 aromatic rings. The molecule has 1 N–H and O–H groups in total. The molecule has 0 saturated heterocycles. The Morgan fingerprint density at radius 3 is 2.73 bits per heavy atom. The Labute approximate surface area is 126 Å². The van der Waals surface area contributed by atoms with Crippen molar-refractivity contribution in [3.05, 3.63) is 53.7 Å². The molecule has 1 aromatic carbocycles. The van der Waals surface area contributed by atoms with E-state index >= 15 is 0 Å². The van der Waals surface area contributed by atoms with E-state index in [1.807, 2.05) is 19.9 Å². The molecule has 0 spiro atoms. The quantitative estimate of drug-likeness (QED) is 0.769. The number of nitrogens with one attached hydrogen (secondary N) is 1. The van der Waals surface area contributed by atoms with Crippen LogP contribution in [0.2, 0.25) is 0 Å². The second kappa shape index (κ2) is 5.88. The third-order valence-electron chi connectivity index (χ3n) is 3.77. The normalized spacial score (nSPS) is 13.1. The number of aryl methyl sites for hydroxylation is 1. The monoisotopic (exact) mass is 305 g/mol. The lowest BCUT2D eigenvalue weighted by atomic mass is 10.2. The average Bonchev–Trinajstić information content (AvgIpc) is 3.08. The summed E-state index contributed by atoms with van der Waals surface area (Å²) in [6, 6.07) is 8.48. The van der Waals surface area contributed by atoms with E-state index in [9.17, 15) is 8.78 Å². The SMILES string of the molecule is Cc1occc1CN[C@H](C)c1nc2ccccc2n1C(F)F. The van der Waals surface area contributed by atoms with E-state index in [0.717, 1.165) is 15.9 Å². The van der Waals surface area contributed by atoms with Gasteiger partial charge in [0.05, 0.1) is 23.3 Å². The van der Waals surface area contributed by atoms with Gasteiger partial charge in [0.15, 0.2) is 0 Å². The van der Waals surface area contributed by atoms with Crippen LogP contribution in [0.25, 0.3) is 11.0 Å². The van der Waals surface area contributed by atoms with Gasteiger partial charge in [-0.1, -0.05) is 12.1 Å². The Kier molecular flexibility index (Phi) is 3.94. The number of para-hydroxylation sites is 2. The second-order valence-corrected chi connectivity index (χ2v) is 5.21. The first-order valence-corrected chi connectivity index (χ1v) is 7.09. The number of fused-ring (bicyclic) bond motifs is 1. The molecular weight excluding hydrogens is 288 g/mol. The Morgan fingerprint density at radius 2 is 2.05 bits per heavy atom. The maximum atomic E-state index is 13.4. The van der Waals surface area contributed by atoms with Crippen molar-refractivity contribution in [1.82, 2.24) is 14.9 Å². The van der Waals surface area contributed by atoms with Crippen LogP contribution < -0.4 is 5.32 Å². The molecule has 0 radical (unpaired) electrons. The van der Waals surface area contributed by atoms with Gasteiger partial charge in [0.25, 0.3) is 0 Å². The lowest BCUT2D eigenvalue weighted by molar-refractivity contribution is 0.0698. The third kappa shape index (κ3) is 2.62. The third-order valence-corrected chi connectivity index (χ3v) is 3.77. The van der Waals surface area contributed by atoms with E-state index in [1.54, 1.807) is 30.5 Å². The van der Waals surface area contributed by atoms with Crippen LogP contribution in [-0.4, -0.2) is 9.55 Å². The summed E-state index contributed by atoms with van der Waals surface area (Å²) in [7, 11) is 0. The molecule has 0 fully saturated rings. The summed E-state index contributed by atoms with van der Waals surface area (Å²) in [5.74, 6) is 1.15. The predicted octanol–water partition coefficient (Wildman–Crippen LogP) is 4.18. The summed E-state index contributed by atoms with van der Waals surface area (Å²) in [5, 5.41) is 3.22. The van der Waals surface area contributed by atoms with Gasteiger partial charge in [0.1, 0.15) is 11.6 Å². The second-order valence-electron chi connectivity index (χ2n) is 5.21. The molecule has 0 saturated carbocycles. The molecule has 0 amide bonds. The number of furan rings is 1. The zero-order valence-electron chi connectivity index (χ0n) is 12.4. The molecule has 22 heavy (non-hydrogen) atoms. The minimum absolute atomic E-state index is 0.310. The van der Waals surface area contributed by atoms with Crippen molar-refractivity contribution < 1.29 is 13.2 Å². The van der Waals surface area contributed by atoms with Crippen molar-refractivity contribution >= 4 is 11.0 Å². The molecule has 0 unspecified atom stereocenters. The van der Waals surface area contributed by atoms with Crippen LogP contribution in [0.1, 0.15) is 36.7 Å². The molecule has 4 nitrogen and oxygen atoms in total. The summed E-state index contributed by atoms with van der Waals surface area (Å²) >= 11 is 0. The molecule has 6 heteroatoms. The summed E-state index contributed by atoms with van der Waals surface area (Å²) in [5.41, 5.74) is 2.03. The van der Waals surface area contributed by atoms with Crippen molar-refractivity contribution in [1.29, 1.82) is 0 Å². The van der Waals surface area contributed by atoms with Crippen LogP contribution in [0, 0.1) is 6.92 Å². The molecule has 0 aliphatic heterocycles. The van der Waals surface area contributed by atoms with Gasteiger partial charge < -0.3 is 9.73 Å². The van der Waals surface area contributed by atoms with Crippen LogP contribution in [0.15, 0.2) is 41.0 Å². The lowest BCUT2D eigenvalue weighted by Gasteiger charge is -2.15. The van der Waals surface area contributed by atoms with E-state index in [2.05, 4.69) is 10.3 Å². The van der Waals surface area contributed by atoms with Crippen molar-refractivity contribution in [2.75, 3.05) is 0 Å². The van der Waals surface area contributed by atoms with Gasteiger partial charge in [-0.15, -0.1) is 0 Å². The topological polar surface area (TPSA) is 43.0 Å². The van der Waals surface area contributed by atoms with E-state index in [1.165, 1.54) is 0 Å². The van der Waals surface area contributed by atoms with Gasteiger partial charge in [0, 0.05) is 12.1 Å². The highest BCUT2D eigenvalue weighted by molar-refractivity contribution is 5.76. The van der Waals surface area contributed by atoms with Crippen molar-refractivity contribution in [3.8, 4) is 0 Å². The molecule has 0 bridgehead atoms. The number of imidazole rings is 1. The number of alkyl halides is 2. The van der Waals surface area contributed by atoms with Crippen molar-refractivity contribution in [3.63, 3.8) is 0 Å². The van der Waals surface area contributed by atoms with Crippen LogP contribution >= 0.6 is 0 Å². The standard InChI is InChI=1S/C16H17F2N3O/c1-10(19-9-12-7-8-22-11(12)2)15-20-13-5-3-4-6-14(13)21(15)16(17)18/h3-8,10,16,19H,9H2,1-2H3/t10-/m1/s1. The highest BCUT2D eigenvalue weighted by atomic mass is 19.3. The van der Waals surface area contributed by atoms with E-state index in [-0.39, 0.29) is 6.04 Å². The first-order chi connectivity index (χ1) is 10.6. The van der Waals surface area contributed by atoms with Crippen molar-refractivity contribution in [2.45, 2.75) is 33.0 Å². The Morgan fingerprint density at radius 1 is 1.27 bits per heavy atom. The van der Waals surface area contributed by atoms with Gasteiger partial charge >= 0.3 is 6.55 Å². The van der Waals surface area contributed by atoms with Gasteiger partial charge in [-0.05, 0) is 32.0 Å². The number of aromatic nitrogens is 2. The molecule has 0 aliphatic carbocycles. The first-order valence-electron chi connectivity index (χ1n) is 7.09. The molecule has 2 aromatic heterocycles. The molecule has 116 valence electrons. The number of halogens is 2. The fraction of sp³-hybridized carbons (Fsp3) is 0.312. The van der Waals surface area contributed by atoms with Gasteiger partial charge in [-0.2, -0.15) is 8.78 Å². The predicted molar refractivity (Wildman–Crippen MR) is 79.7 cm³/mol. The summed E-state index contributed by atoms with van der Waals surface area (Å²) in [6.07, 6.45) is 1.62. The largest absolute Gasteiger partial charge is 0.469 e. The minimum atomic E-state index is -2.62. The van der Waals surface area contributed by atoms with Gasteiger partial charge in [-0.25, -0.2) is 4.98 Å². The molecule has 0 aliphatic rings. The summed E-state index contributed by atoms with van der Waals surface area (Å²) in [6.45, 7) is 1.61. The Bertz CT molecular complexity index is 779. The van der Waals surface area contributed by atoms with Gasteiger partial charge in [0.2, 0.25) is 0 Å². The summed E-state index contributed by atoms with van der Waals surface area (Å²) < 4.78 is 33.0. The number of hydrogen-bond donors (Lipinski definition) is 1. The lowest BCUT2D eigenvalue weighted by Crippen LogP contribution is -2.22. The summed E-state index contributed by atoms with van der Waals surface area (Å²) in [4.78, 5) is 4.35. The molecule has 2 heterocycles. The van der Waals surface area contributed by atoms with Crippen LogP contribution in [0.4, 0.5) is 8.78 Å². The zero-order chi connectivity index (χ0) is 15.7. The Hall–Kier alpha value is -2.21. The number of rotatable bonds is 5. The molecular formula is C16H17F2N3O. The van der Waals surface area contributed by atoms with Crippen molar-refractivity contribution in [2.24, 2.45) is 0 Å². The van der Waals surface area contributed by atoms with Crippen LogP contribution in [0.5, 0.6) is 0 Å². The maximum Gasteiger partial charge on any atom is 0.320 e. The average molecular weight is 305 g/mol. The fourth-order valence-electron chi connectivity index (χ4n) is 2.52. The van der Waals surface area contributed by atoms with Gasteiger partial charge in [-0.3, -0.25) is 4.57 Å². The number of hydrogen-bond acceptors (Lipinski definition) is 3. The highest BCUT2D eigenvalue weighted by Gasteiger charge is 2.21. The Balaban J connectivity index is 1.88. The van der Waals surface area contributed by atoms with Crippen LogP contribution in [0.3, 0.4) is 0 Å². The molecule has 3 rings (SSSR count). The van der Waals surface area contributed by atoms with E-state index in [0.29, 0.717) is 23.4 Å². The smallest absolute Gasteiger partial charge is 0.320 e. The highest BCUT2D eigenvalue weighted by Crippen LogP contribution is 2.26. The van der Waals surface area contributed by atoms with E-state index in [4.69, 9.17) is 4.42 Å². The van der Waals surface area contributed by atoms with Crippen LogP contribution in [-0.2, 0) is 6.54 Å². The maximum absolute atomic E-state index is 13.4. The number of nitrogens with zero attached hydrogens (tertiary/aromatic N) is 2.